The van der Waals surface area contributed by atoms with Gasteiger partial charge in [-0.1, -0.05) is 19.3 Å². The Morgan fingerprint density at radius 3 is 2.64 bits per heavy atom. The molecule has 9 heteroatoms. The van der Waals surface area contributed by atoms with Gasteiger partial charge in [0.05, 0.1) is 11.6 Å². The topological polar surface area (TPSA) is 117 Å². The highest BCUT2D eigenvalue weighted by Gasteiger charge is 2.34. The highest BCUT2D eigenvalue weighted by Crippen LogP contribution is 2.38. The van der Waals surface area contributed by atoms with E-state index in [0.717, 1.165) is 18.4 Å². The maximum Gasteiger partial charge on any atom is 0.290 e. The smallest absolute Gasteiger partial charge is 0.290 e. The molecule has 1 aliphatic carbocycles. The molecule has 1 amide bonds. The molecule has 2 aromatic rings. The molecule has 2 aliphatic rings. The molecule has 3 heterocycles. The van der Waals surface area contributed by atoms with Crippen molar-refractivity contribution in [3.63, 3.8) is 0 Å². The maximum absolute atomic E-state index is 12.5. The van der Waals surface area contributed by atoms with Crippen molar-refractivity contribution < 1.29 is 14.7 Å². The van der Waals surface area contributed by atoms with Gasteiger partial charge in [0.2, 0.25) is 5.91 Å². The Labute approximate surface area is 148 Å². The van der Waals surface area contributed by atoms with Crippen molar-refractivity contribution in [3.05, 3.63) is 33.1 Å². The number of carbonyl (C=O) groups is 2. The highest BCUT2D eigenvalue weighted by molar-refractivity contribution is 7.03. The number of rotatable bonds is 2. The molecule has 1 unspecified atom stereocenters. The van der Waals surface area contributed by atoms with E-state index in [2.05, 4.69) is 14.8 Å². The van der Waals surface area contributed by atoms with Crippen molar-refractivity contribution in [1.29, 1.82) is 0 Å². The van der Waals surface area contributed by atoms with E-state index >= 15 is 0 Å². The Balaban J connectivity index is 0.000000569. The number of H-pyrrole nitrogens is 1. The molecular formula is C16H20N4O4S. The first-order valence-electron chi connectivity index (χ1n) is 8.27. The molecule has 2 aromatic heterocycles. The largest absolute Gasteiger partial charge is 0.483 e. The van der Waals surface area contributed by atoms with E-state index < -0.39 is 0 Å². The number of hydrogen-bond donors (Lipinski definition) is 3. The molecule has 3 N–H and O–H groups in total. The average Bonchev–Trinajstić information content (AvgIpc) is 3.24. The lowest BCUT2D eigenvalue weighted by atomic mass is 9.89. The number of carboxylic acid groups (broad SMARTS) is 1. The summed E-state index contributed by atoms with van der Waals surface area (Å²) >= 11 is 1.35. The fourth-order valence-corrected chi connectivity index (χ4v) is 4.26. The van der Waals surface area contributed by atoms with Crippen molar-refractivity contribution in [1.82, 2.24) is 14.2 Å². The monoisotopic (exact) mass is 364 g/mol. The molecule has 1 saturated carbocycles. The van der Waals surface area contributed by atoms with Crippen LogP contribution in [0.4, 0.5) is 5.82 Å². The minimum atomic E-state index is -0.250. The number of amides is 1. The Bertz CT molecular complexity index is 790. The van der Waals surface area contributed by atoms with E-state index in [9.17, 15) is 9.59 Å². The zero-order valence-corrected chi connectivity index (χ0v) is 14.4. The summed E-state index contributed by atoms with van der Waals surface area (Å²) in [6.07, 6.45) is 7.77. The van der Waals surface area contributed by atoms with Crippen LogP contribution in [-0.4, -0.2) is 31.6 Å². The number of hydrogen-bond acceptors (Lipinski definition) is 5. The predicted molar refractivity (Wildman–Crippen MR) is 93.1 cm³/mol. The fraction of sp³-hybridized carbons (Fsp3) is 0.500. The molecular weight excluding hydrogens is 344 g/mol. The Morgan fingerprint density at radius 1 is 1.28 bits per heavy atom. The van der Waals surface area contributed by atoms with Gasteiger partial charge >= 0.3 is 0 Å². The van der Waals surface area contributed by atoms with E-state index in [1.54, 1.807) is 6.20 Å². The normalized spacial score (nSPS) is 20.2. The first-order valence-corrected chi connectivity index (χ1v) is 9.10. The van der Waals surface area contributed by atoms with E-state index in [-0.39, 0.29) is 29.9 Å². The number of nitrogens with zero attached hydrogens (tertiary/aromatic N) is 2. The average molecular weight is 364 g/mol. The van der Waals surface area contributed by atoms with Crippen LogP contribution in [-0.2, 0) is 9.59 Å². The van der Waals surface area contributed by atoms with Crippen LogP contribution >= 0.6 is 11.5 Å². The summed E-state index contributed by atoms with van der Waals surface area (Å²) in [6.45, 7) is -0.250. The van der Waals surface area contributed by atoms with Gasteiger partial charge in [0.1, 0.15) is 5.82 Å². The first-order chi connectivity index (χ1) is 12.2. The van der Waals surface area contributed by atoms with Crippen LogP contribution in [0.2, 0.25) is 0 Å². The second-order valence-corrected chi connectivity index (χ2v) is 6.89. The van der Waals surface area contributed by atoms with Gasteiger partial charge in [-0.05, 0) is 29.9 Å². The lowest BCUT2D eigenvalue weighted by Gasteiger charge is -2.27. The fourth-order valence-electron chi connectivity index (χ4n) is 3.67. The third-order valence-corrected chi connectivity index (χ3v) is 5.36. The second-order valence-electron chi connectivity index (χ2n) is 6.23. The van der Waals surface area contributed by atoms with Crippen LogP contribution in [0.15, 0.2) is 16.4 Å². The molecule has 0 bridgehead atoms. The number of fused-ring (bicyclic) bond motifs is 1. The van der Waals surface area contributed by atoms with Crippen LogP contribution in [0.25, 0.3) is 0 Å². The summed E-state index contributed by atoms with van der Waals surface area (Å²) in [5.74, 6) is 0.452. The molecule has 4 rings (SSSR count). The van der Waals surface area contributed by atoms with Crippen molar-refractivity contribution in [3.8, 4) is 0 Å². The minimum Gasteiger partial charge on any atom is -0.483 e. The number of aromatic amines is 1. The van der Waals surface area contributed by atoms with Gasteiger partial charge in [-0.15, -0.1) is 0 Å². The third-order valence-electron chi connectivity index (χ3n) is 4.75. The van der Waals surface area contributed by atoms with Crippen molar-refractivity contribution in [2.24, 2.45) is 0 Å². The standard InChI is InChI=1S/C15H18N4O2S.CH2O2/c20-12-6-11(9-7-16-22-8-9)13-14(17-12)19(18-15(13)21)10-4-2-1-3-5-10;2-1-3/h7-8,10-11H,1-6H2,(H,17,20)(H,18,21);1H,(H,2,3). The molecule has 0 radical (unpaired) electrons. The third kappa shape index (κ3) is 3.51. The summed E-state index contributed by atoms with van der Waals surface area (Å²) in [7, 11) is 0. The van der Waals surface area contributed by atoms with E-state index in [1.165, 1.54) is 30.8 Å². The molecule has 8 nitrogen and oxygen atoms in total. The zero-order valence-electron chi connectivity index (χ0n) is 13.6. The number of nitrogens with one attached hydrogen (secondary N) is 2. The molecule has 0 spiro atoms. The molecule has 1 aliphatic heterocycles. The quantitative estimate of drug-likeness (QED) is 0.707. The first kappa shape index (κ1) is 17.4. The summed E-state index contributed by atoms with van der Waals surface area (Å²) in [5, 5.41) is 14.7. The van der Waals surface area contributed by atoms with Gasteiger partial charge in [0.25, 0.3) is 12.0 Å². The van der Waals surface area contributed by atoms with Crippen LogP contribution in [0, 0.1) is 0 Å². The lowest BCUT2D eigenvalue weighted by molar-refractivity contribution is -0.123. The van der Waals surface area contributed by atoms with E-state index in [1.807, 2.05) is 10.1 Å². The number of aromatic nitrogens is 3. The molecule has 0 saturated heterocycles. The van der Waals surface area contributed by atoms with Crippen molar-refractivity contribution in [2.45, 2.75) is 50.5 Å². The predicted octanol–water partition coefficient (Wildman–Crippen LogP) is 2.31. The Hall–Kier alpha value is -2.42. The molecule has 1 atom stereocenters. The van der Waals surface area contributed by atoms with Crippen molar-refractivity contribution in [2.75, 3.05) is 5.32 Å². The summed E-state index contributed by atoms with van der Waals surface area (Å²) < 4.78 is 6.02. The van der Waals surface area contributed by atoms with Crippen LogP contribution in [0.3, 0.4) is 0 Å². The maximum atomic E-state index is 12.5. The SMILES string of the molecule is O=C1CC(c2cnsc2)c2c(n(C3CCCCC3)[nH]c2=O)N1.O=CO. The van der Waals surface area contributed by atoms with Crippen molar-refractivity contribution >= 4 is 29.7 Å². The zero-order chi connectivity index (χ0) is 17.8. The number of anilines is 1. The number of carbonyl (C=O) groups excluding carboxylic acids is 1. The minimum absolute atomic E-state index is 0.0349. The highest BCUT2D eigenvalue weighted by atomic mass is 32.1. The molecule has 1 fully saturated rings. The lowest BCUT2D eigenvalue weighted by Crippen LogP contribution is -2.27. The van der Waals surface area contributed by atoms with E-state index in [4.69, 9.17) is 9.90 Å². The van der Waals surface area contributed by atoms with Gasteiger partial charge in [0, 0.05) is 23.9 Å². The van der Waals surface area contributed by atoms with Crippen LogP contribution in [0.5, 0.6) is 0 Å². The molecule has 25 heavy (non-hydrogen) atoms. The van der Waals surface area contributed by atoms with Gasteiger partial charge in [-0.3, -0.25) is 24.2 Å². The summed E-state index contributed by atoms with van der Waals surface area (Å²) in [6, 6.07) is 0.282. The van der Waals surface area contributed by atoms with Gasteiger partial charge < -0.3 is 10.4 Å². The molecule has 134 valence electrons. The Morgan fingerprint density at radius 2 is 2.00 bits per heavy atom. The van der Waals surface area contributed by atoms with E-state index in [0.29, 0.717) is 17.8 Å². The van der Waals surface area contributed by atoms with Crippen LogP contribution in [0.1, 0.15) is 61.6 Å². The van der Waals surface area contributed by atoms with Crippen LogP contribution < -0.4 is 10.9 Å². The Kier molecular flexibility index (Phi) is 5.32. The second kappa shape index (κ2) is 7.64. The molecule has 0 aromatic carbocycles. The van der Waals surface area contributed by atoms with Gasteiger partial charge in [0.15, 0.2) is 0 Å². The van der Waals surface area contributed by atoms with Gasteiger partial charge in [-0.2, -0.15) is 0 Å². The summed E-state index contributed by atoms with van der Waals surface area (Å²) in [5.41, 5.74) is 1.55. The van der Waals surface area contributed by atoms with Gasteiger partial charge in [-0.25, -0.2) is 4.37 Å². The summed E-state index contributed by atoms with van der Waals surface area (Å²) in [4.78, 5) is 33.0.